The van der Waals surface area contributed by atoms with E-state index in [0.29, 0.717) is 6.42 Å². The second kappa shape index (κ2) is 16.5. The lowest BCUT2D eigenvalue weighted by Gasteiger charge is -2.20. The maximum absolute atomic E-state index is 12.7. The van der Waals surface area contributed by atoms with Crippen molar-refractivity contribution in [2.75, 3.05) is 0 Å². The standard InChI is InChI=1S/C29H46N2O3/c1-3-4-5-6-7-8-9-10-11-12-13-14-15-20-27(33)29(23(2)32)31-28(34)21-24-22-30-26-19-17-16-18-25(24)26/h16-19,22-23,29-30,32H,3-15,20-21H2,1-2H3,(H,31,34)/t23-,29+/m1/s1. The van der Waals surface area contributed by atoms with Gasteiger partial charge in [-0.25, -0.2) is 0 Å². The molecule has 34 heavy (non-hydrogen) atoms. The van der Waals surface area contributed by atoms with Crippen molar-refractivity contribution in [1.82, 2.24) is 10.3 Å². The molecule has 0 unspecified atom stereocenters. The van der Waals surface area contributed by atoms with E-state index in [1.165, 1.54) is 64.2 Å². The van der Waals surface area contributed by atoms with E-state index in [4.69, 9.17) is 0 Å². The van der Waals surface area contributed by atoms with Crippen LogP contribution in [0.25, 0.3) is 10.9 Å². The summed E-state index contributed by atoms with van der Waals surface area (Å²) in [6.07, 6.45) is 17.9. The Morgan fingerprint density at radius 1 is 0.882 bits per heavy atom. The Hall–Kier alpha value is -2.14. The smallest absolute Gasteiger partial charge is 0.225 e. The summed E-state index contributed by atoms with van der Waals surface area (Å²) in [5.41, 5.74) is 1.87. The summed E-state index contributed by atoms with van der Waals surface area (Å²) >= 11 is 0. The number of carbonyl (C=O) groups is 2. The predicted octanol–water partition coefficient (Wildman–Crippen LogP) is 6.63. The monoisotopic (exact) mass is 470 g/mol. The average molecular weight is 471 g/mol. The number of ketones is 1. The van der Waals surface area contributed by atoms with Crippen LogP contribution < -0.4 is 5.32 Å². The Balaban J connectivity index is 1.58. The number of aromatic amines is 1. The summed E-state index contributed by atoms with van der Waals surface area (Å²) in [4.78, 5) is 28.4. The molecular weight excluding hydrogens is 424 g/mol. The Morgan fingerprint density at radius 3 is 2.03 bits per heavy atom. The minimum Gasteiger partial charge on any atom is -0.391 e. The number of carbonyl (C=O) groups excluding carboxylic acids is 2. The molecular formula is C29H46N2O3. The number of nitrogens with one attached hydrogen (secondary N) is 2. The quantitative estimate of drug-likeness (QED) is 0.202. The lowest BCUT2D eigenvalue weighted by molar-refractivity contribution is -0.130. The van der Waals surface area contributed by atoms with Crippen molar-refractivity contribution in [3.05, 3.63) is 36.0 Å². The largest absolute Gasteiger partial charge is 0.391 e. The number of fused-ring (bicyclic) bond motifs is 1. The highest BCUT2D eigenvalue weighted by Crippen LogP contribution is 2.18. The second-order valence-corrected chi connectivity index (χ2v) is 9.78. The van der Waals surface area contributed by atoms with E-state index >= 15 is 0 Å². The molecule has 1 heterocycles. The maximum atomic E-state index is 12.7. The molecule has 1 aromatic carbocycles. The number of hydrogen-bond donors (Lipinski definition) is 3. The molecule has 0 saturated heterocycles. The van der Waals surface area contributed by atoms with Crippen LogP contribution in [0.5, 0.6) is 0 Å². The van der Waals surface area contributed by atoms with Crippen LogP contribution in [0.2, 0.25) is 0 Å². The van der Waals surface area contributed by atoms with Crippen LogP contribution >= 0.6 is 0 Å². The van der Waals surface area contributed by atoms with Crippen molar-refractivity contribution in [1.29, 1.82) is 0 Å². The van der Waals surface area contributed by atoms with E-state index in [0.717, 1.165) is 35.7 Å². The highest BCUT2D eigenvalue weighted by molar-refractivity contribution is 5.92. The number of para-hydroxylation sites is 1. The number of rotatable bonds is 19. The molecule has 0 bridgehead atoms. The van der Waals surface area contributed by atoms with Gasteiger partial charge in [0.15, 0.2) is 5.78 Å². The van der Waals surface area contributed by atoms with Gasteiger partial charge in [-0.05, 0) is 25.0 Å². The molecule has 1 amide bonds. The highest BCUT2D eigenvalue weighted by atomic mass is 16.3. The third kappa shape index (κ3) is 10.4. The number of Topliss-reactive ketones (excluding diaryl/α,β-unsaturated/α-hetero) is 1. The molecule has 5 nitrogen and oxygen atoms in total. The van der Waals surface area contributed by atoms with E-state index in [1.807, 2.05) is 30.5 Å². The van der Waals surface area contributed by atoms with Crippen LogP contribution in [0.15, 0.2) is 30.5 Å². The zero-order chi connectivity index (χ0) is 24.6. The lowest BCUT2D eigenvalue weighted by atomic mass is 10.00. The molecule has 2 rings (SSSR count). The number of hydrogen-bond acceptors (Lipinski definition) is 3. The molecule has 3 N–H and O–H groups in total. The van der Waals surface area contributed by atoms with Crippen molar-refractivity contribution < 1.29 is 14.7 Å². The SMILES string of the molecule is CCCCCCCCCCCCCCCC(=O)[C@@H](NC(=O)Cc1c[nH]c2ccccc12)[C@@H](C)O. The first kappa shape index (κ1) is 28.1. The first-order valence-corrected chi connectivity index (χ1v) is 13.6. The zero-order valence-electron chi connectivity index (χ0n) is 21.4. The van der Waals surface area contributed by atoms with Gasteiger partial charge in [0.25, 0.3) is 0 Å². The molecule has 2 atom stereocenters. The number of aliphatic hydroxyl groups excluding tert-OH is 1. The molecule has 0 aliphatic heterocycles. The van der Waals surface area contributed by atoms with Gasteiger partial charge in [0.05, 0.1) is 12.5 Å². The highest BCUT2D eigenvalue weighted by Gasteiger charge is 2.25. The molecule has 2 aromatic rings. The van der Waals surface area contributed by atoms with Crippen molar-refractivity contribution in [2.24, 2.45) is 0 Å². The van der Waals surface area contributed by atoms with E-state index < -0.39 is 12.1 Å². The fourth-order valence-corrected chi connectivity index (χ4v) is 4.62. The molecule has 1 aromatic heterocycles. The summed E-state index contributed by atoms with van der Waals surface area (Å²) in [6, 6.07) is 6.99. The van der Waals surface area contributed by atoms with Gasteiger partial charge in [-0.2, -0.15) is 0 Å². The van der Waals surface area contributed by atoms with Crippen molar-refractivity contribution in [2.45, 2.75) is 122 Å². The molecule has 190 valence electrons. The lowest BCUT2D eigenvalue weighted by Crippen LogP contribution is -2.48. The van der Waals surface area contributed by atoms with Crippen LogP contribution in [-0.4, -0.2) is 33.9 Å². The molecule has 0 spiro atoms. The van der Waals surface area contributed by atoms with Gasteiger partial charge in [0.2, 0.25) is 5.91 Å². The Kier molecular flexibility index (Phi) is 13.6. The van der Waals surface area contributed by atoms with Crippen molar-refractivity contribution >= 4 is 22.6 Å². The second-order valence-electron chi connectivity index (χ2n) is 9.78. The first-order valence-electron chi connectivity index (χ1n) is 13.6. The minimum absolute atomic E-state index is 0.0784. The average Bonchev–Trinajstić information content (AvgIpc) is 3.23. The molecule has 0 saturated carbocycles. The Bertz CT molecular complexity index is 843. The fraction of sp³-hybridized carbons (Fsp3) is 0.655. The summed E-state index contributed by atoms with van der Waals surface area (Å²) in [6.45, 7) is 3.82. The van der Waals surface area contributed by atoms with Crippen LogP contribution in [-0.2, 0) is 16.0 Å². The summed E-state index contributed by atoms with van der Waals surface area (Å²) in [7, 11) is 0. The van der Waals surface area contributed by atoms with Crippen LogP contribution in [0.1, 0.15) is 109 Å². The van der Waals surface area contributed by atoms with Gasteiger partial charge >= 0.3 is 0 Å². The van der Waals surface area contributed by atoms with Gasteiger partial charge in [0, 0.05) is 23.5 Å². The minimum atomic E-state index is -0.901. The Labute approximate surface area is 206 Å². The number of unbranched alkanes of at least 4 members (excludes halogenated alkanes) is 12. The van der Waals surface area contributed by atoms with E-state index in [2.05, 4.69) is 17.2 Å². The van der Waals surface area contributed by atoms with Crippen molar-refractivity contribution in [3.8, 4) is 0 Å². The van der Waals surface area contributed by atoms with Crippen LogP contribution in [0.4, 0.5) is 0 Å². The molecule has 0 fully saturated rings. The Morgan fingerprint density at radius 2 is 1.44 bits per heavy atom. The first-order chi connectivity index (χ1) is 16.5. The number of benzene rings is 1. The molecule has 0 aliphatic carbocycles. The third-order valence-corrected chi connectivity index (χ3v) is 6.70. The van der Waals surface area contributed by atoms with Gasteiger partial charge in [-0.3, -0.25) is 9.59 Å². The molecule has 5 heteroatoms. The number of H-pyrrole nitrogens is 1. The summed E-state index contributed by atoms with van der Waals surface area (Å²) in [5.74, 6) is -0.320. The number of amides is 1. The predicted molar refractivity (Wildman–Crippen MR) is 141 cm³/mol. The van der Waals surface area contributed by atoms with Gasteiger partial charge in [0.1, 0.15) is 6.04 Å². The number of aromatic nitrogens is 1. The number of aliphatic hydroxyl groups is 1. The van der Waals surface area contributed by atoms with Gasteiger partial charge in [-0.15, -0.1) is 0 Å². The maximum Gasteiger partial charge on any atom is 0.225 e. The van der Waals surface area contributed by atoms with Crippen molar-refractivity contribution in [3.63, 3.8) is 0 Å². The molecule has 0 aliphatic rings. The van der Waals surface area contributed by atoms with Crippen LogP contribution in [0.3, 0.4) is 0 Å². The van der Waals surface area contributed by atoms with Crippen LogP contribution in [0, 0.1) is 0 Å². The third-order valence-electron chi connectivity index (χ3n) is 6.70. The zero-order valence-corrected chi connectivity index (χ0v) is 21.4. The van der Waals surface area contributed by atoms with Gasteiger partial charge in [-0.1, -0.05) is 102 Å². The fourth-order valence-electron chi connectivity index (χ4n) is 4.62. The van der Waals surface area contributed by atoms with Gasteiger partial charge < -0.3 is 15.4 Å². The normalized spacial score (nSPS) is 13.1. The topological polar surface area (TPSA) is 82.2 Å². The summed E-state index contributed by atoms with van der Waals surface area (Å²) < 4.78 is 0. The molecule has 0 radical (unpaired) electrons. The van der Waals surface area contributed by atoms with E-state index in [1.54, 1.807) is 6.92 Å². The summed E-state index contributed by atoms with van der Waals surface area (Å²) in [5, 5.41) is 13.9. The van der Waals surface area contributed by atoms with E-state index in [9.17, 15) is 14.7 Å². The van der Waals surface area contributed by atoms with E-state index in [-0.39, 0.29) is 18.1 Å².